The molecular formula is C26H29N5O3. The second-order valence-corrected chi connectivity index (χ2v) is 8.50. The van der Waals surface area contributed by atoms with E-state index in [0.717, 1.165) is 48.1 Å². The van der Waals surface area contributed by atoms with Crippen molar-refractivity contribution < 1.29 is 14.6 Å². The van der Waals surface area contributed by atoms with Crippen molar-refractivity contribution in [1.29, 1.82) is 5.26 Å². The first kappa shape index (κ1) is 23.6. The highest BCUT2D eigenvalue weighted by Crippen LogP contribution is 2.27. The molecule has 3 aromatic rings. The summed E-state index contributed by atoms with van der Waals surface area (Å²) in [6.07, 6.45) is 2.89. The summed E-state index contributed by atoms with van der Waals surface area (Å²) >= 11 is 0. The predicted octanol–water partition coefficient (Wildman–Crippen LogP) is 2.84. The molecule has 1 atom stereocenters. The molecule has 4 rings (SSSR count). The van der Waals surface area contributed by atoms with E-state index >= 15 is 0 Å². The maximum atomic E-state index is 12.3. The molecule has 34 heavy (non-hydrogen) atoms. The number of pyridine rings is 1. The van der Waals surface area contributed by atoms with Gasteiger partial charge < -0.3 is 25.4 Å². The number of carbonyl (C=O) groups excluding carboxylic acids is 1. The van der Waals surface area contributed by atoms with Gasteiger partial charge >= 0.3 is 0 Å². The van der Waals surface area contributed by atoms with Gasteiger partial charge in [0, 0.05) is 29.9 Å². The first-order valence-electron chi connectivity index (χ1n) is 11.4. The number of nitriles is 1. The third-order valence-corrected chi connectivity index (χ3v) is 6.19. The molecule has 1 aromatic heterocycles. The average molecular weight is 460 g/mol. The lowest BCUT2D eigenvalue weighted by Gasteiger charge is -2.33. The number of aliphatic hydroxyl groups excluding tert-OH is 1. The van der Waals surface area contributed by atoms with Crippen LogP contribution in [0.1, 0.15) is 30.1 Å². The Bertz CT molecular complexity index is 1180. The first-order chi connectivity index (χ1) is 16.6. The number of amides is 1. The van der Waals surface area contributed by atoms with Crippen LogP contribution in [0.4, 0.5) is 5.69 Å². The third kappa shape index (κ3) is 5.88. The summed E-state index contributed by atoms with van der Waals surface area (Å²) in [5.74, 6) is 0.607. The maximum absolute atomic E-state index is 12.3. The van der Waals surface area contributed by atoms with Crippen LogP contribution in [-0.4, -0.2) is 60.2 Å². The van der Waals surface area contributed by atoms with E-state index < -0.39 is 6.10 Å². The van der Waals surface area contributed by atoms with E-state index in [1.807, 2.05) is 24.3 Å². The highest BCUT2D eigenvalue weighted by atomic mass is 16.5. The first-order valence-corrected chi connectivity index (χ1v) is 11.4. The Kier molecular flexibility index (Phi) is 7.70. The fourth-order valence-electron chi connectivity index (χ4n) is 4.34. The van der Waals surface area contributed by atoms with Gasteiger partial charge in [-0.3, -0.25) is 9.78 Å². The summed E-state index contributed by atoms with van der Waals surface area (Å²) in [5, 5.41) is 27.0. The van der Waals surface area contributed by atoms with Gasteiger partial charge in [0.2, 0.25) is 5.91 Å². The minimum Gasteiger partial charge on any atom is -0.497 e. The molecule has 1 aliphatic heterocycles. The molecule has 8 nitrogen and oxygen atoms in total. The molecule has 0 aliphatic carbocycles. The van der Waals surface area contributed by atoms with E-state index in [0.29, 0.717) is 17.8 Å². The fraction of sp³-hybridized carbons (Fsp3) is 0.346. The number of anilines is 1. The molecule has 3 N–H and O–H groups in total. The van der Waals surface area contributed by atoms with Gasteiger partial charge in [-0.25, -0.2) is 0 Å². The van der Waals surface area contributed by atoms with Crippen molar-refractivity contribution in [3.05, 3.63) is 65.9 Å². The van der Waals surface area contributed by atoms with Crippen molar-refractivity contribution in [3.63, 3.8) is 0 Å². The molecule has 1 unspecified atom stereocenters. The SMILES string of the molecule is COc1ccc2nccc(C(O)CN3CCC(NCC(=O)Nc4cccc(C#N)c4)CC3)c2c1. The number of nitrogens with one attached hydrogen (secondary N) is 2. The molecule has 1 fully saturated rings. The summed E-state index contributed by atoms with van der Waals surface area (Å²) in [6.45, 7) is 2.44. The number of nitrogens with zero attached hydrogens (tertiary/aromatic N) is 3. The van der Waals surface area contributed by atoms with Crippen LogP contribution in [0.15, 0.2) is 54.7 Å². The van der Waals surface area contributed by atoms with Crippen molar-refractivity contribution in [2.75, 3.05) is 38.6 Å². The van der Waals surface area contributed by atoms with Crippen LogP contribution in [0.5, 0.6) is 5.75 Å². The van der Waals surface area contributed by atoms with Gasteiger partial charge in [0.15, 0.2) is 0 Å². The summed E-state index contributed by atoms with van der Waals surface area (Å²) in [4.78, 5) is 18.9. The van der Waals surface area contributed by atoms with Gasteiger partial charge in [0.1, 0.15) is 5.75 Å². The van der Waals surface area contributed by atoms with E-state index in [4.69, 9.17) is 10.00 Å². The number of ether oxygens (including phenoxy) is 1. The predicted molar refractivity (Wildman–Crippen MR) is 131 cm³/mol. The van der Waals surface area contributed by atoms with Crippen molar-refractivity contribution in [1.82, 2.24) is 15.2 Å². The molecule has 2 aromatic carbocycles. The smallest absolute Gasteiger partial charge is 0.238 e. The highest BCUT2D eigenvalue weighted by molar-refractivity contribution is 5.92. The van der Waals surface area contributed by atoms with Gasteiger partial charge in [0.05, 0.1) is 36.9 Å². The number of aliphatic hydroxyl groups is 1. The molecule has 0 radical (unpaired) electrons. The molecule has 8 heteroatoms. The Morgan fingerprint density at radius 3 is 2.85 bits per heavy atom. The van der Waals surface area contributed by atoms with Crippen LogP contribution in [0.2, 0.25) is 0 Å². The third-order valence-electron chi connectivity index (χ3n) is 6.19. The number of methoxy groups -OCH3 is 1. The number of benzene rings is 2. The lowest BCUT2D eigenvalue weighted by Crippen LogP contribution is -2.45. The van der Waals surface area contributed by atoms with Gasteiger partial charge in [-0.05, 0) is 74.0 Å². The van der Waals surface area contributed by atoms with Crippen molar-refractivity contribution in [2.24, 2.45) is 0 Å². The lowest BCUT2D eigenvalue weighted by molar-refractivity contribution is -0.115. The molecule has 176 valence electrons. The van der Waals surface area contributed by atoms with Crippen molar-refractivity contribution in [2.45, 2.75) is 25.0 Å². The zero-order valence-corrected chi connectivity index (χ0v) is 19.2. The van der Waals surface area contributed by atoms with Gasteiger partial charge in [-0.2, -0.15) is 5.26 Å². The van der Waals surface area contributed by atoms with Crippen LogP contribution < -0.4 is 15.4 Å². The summed E-state index contributed by atoms with van der Waals surface area (Å²) in [5.41, 5.74) is 2.81. The number of β-amino-alcohol motifs (C(OH)–C–C–N with tert-alkyl or cyclic N) is 1. The normalized spacial score (nSPS) is 15.6. The summed E-state index contributed by atoms with van der Waals surface area (Å²) < 4.78 is 5.33. The minimum atomic E-state index is -0.628. The van der Waals surface area contributed by atoms with Gasteiger partial charge in [0.25, 0.3) is 0 Å². The quantitative estimate of drug-likeness (QED) is 0.475. The minimum absolute atomic E-state index is 0.132. The molecule has 0 bridgehead atoms. The van der Waals surface area contributed by atoms with E-state index in [1.165, 1.54) is 0 Å². The molecule has 2 heterocycles. The van der Waals surface area contributed by atoms with Gasteiger partial charge in [-0.15, -0.1) is 0 Å². The second-order valence-electron chi connectivity index (χ2n) is 8.50. The Labute approximate surface area is 199 Å². The number of fused-ring (bicyclic) bond motifs is 1. The molecule has 1 amide bonds. The van der Waals surface area contributed by atoms with Crippen LogP contribution in [0.3, 0.4) is 0 Å². The lowest BCUT2D eigenvalue weighted by atomic mass is 10.0. The Morgan fingerprint density at radius 2 is 2.09 bits per heavy atom. The van der Waals surface area contributed by atoms with Crippen molar-refractivity contribution in [3.8, 4) is 11.8 Å². The fourth-order valence-corrected chi connectivity index (χ4v) is 4.34. The monoisotopic (exact) mass is 459 g/mol. The van der Waals surface area contributed by atoms with E-state index in [9.17, 15) is 9.90 Å². The second kappa shape index (κ2) is 11.1. The Morgan fingerprint density at radius 1 is 1.26 bits per heavy atom. The van der Waals surface area contributed by atoms with Crippen LogP contribution >= 0.6 is 0 Å². The molecule has 0 spiro atoms. The Hall–Kier alpha value is -3.51. The standard InChI is InChI=1S/C26H29N5O3/c1-34-21-5-6-24-23(14-21)22(7-10-28-24)25(32)17-31-11-8-19(9-12-31)29-16-26(33)30-20-4-2-3-18(13-20)15-27/h2-7,10,13-14,19,25,29,32H,8-9,11-12,16-17H2,1H3,(H,30,33). The van der Waals surface area contributed by atoms with Crippen LogP contribution in [-0.2, 0) is 4.79 Å². The molecule has 1 saturated heterocycles. The number of likely N-dealkylation sites (tertiary alicyclic amines) is 1. The van der Waals surface area contributed by atoms with E-state index in [2.05, 4.69) is 26.6 Å². The zero-order chi connectivity index (χ0) is 23.9. The van der Waals surface area contributed by atoms with Gasteiger partial charge in [-0.1, -0.05) is 6.07 Å². The van der Waals surface area contributed by atoms with Crippen LogP contribution in [0.25, 0.3) is 10.9 Å². The number of hydrogen-bond donors (Lipinski definition) is 3. The number of piperidine rings is 1. The molecule has 0 saturated carbocycles. The zero-order valence-electron chi connectivity index (χ0n) is 19.2. The topological polar surface area (TPSA) is 111 Å². The molecular weight excluding hydrogens is 430 g/mol. The summed E-state index contributed by atoms with van der Waals surface area (Å²) in [7, 11) is 1.63. The van der Waals surface area contributed by atoms with Crippen molar-refractivity contribution >= 4 is 22.5 Å². The number of hydrogen-bond acceptors (Lipinski definition) is 7. The number of rotatable bonds is 8. The van der Waals surface area contributed by atoms with E-state index in [-0.39, 0.29) is 18.5 Å². The number of aromatic nitrogens is 1. The average Bonchev–Trinajstić information content (AvgIpc) is 2.87. The van der Waals surface area contributed by atoms with Crippen LogP contribution in [0, 0.1) is 11.3 Å². The largest absolute Gasteiger partial charge is 0.497 e. The summed E-state index contributed by atoms with van der Waals surface area (Å²) in [6, 6.07) is 16.7. The highest BCUT2D eigenvalue weighted by Gasteiger charge is 2.23. The number of carbonyl (C=O) groups is 1. The Balaban J connectivity index is 1.25. The molecule has 1 aliphatic rings. The maximum Gasteiger partial charge on any atom is 0.238 e. The van der Waals surface area contributed by atoms with E-state index in [1.54, 1.807) is 37.6 Å².